The lowest BCUT2D eigenvalue weighted by atomic mass is 10.0. The number of unbranched alkanes of at least 4 members (excludes halogenated alkanes) is 7. The van der Waals surface area contributed by atoms with Crippen molar-refractivity contribution in [1.29, 1.82) is 0 Å². The monoisotopic (exact) mass is 550 g/mol. The molecule has 0 N–H and O–H groups in total. The Hall–Kier alpha value is -1.82. The third-order valence-corrected chi connectivity index (χ3v) is 8.05. The molecular formula is C32H54O5S. The average molecular weight is 551 g/mol. The molecule has 1 aromatic rings. The summed E-state index contributed by atoms with van der Waals surface area (Å²) in [5, 5.41) is 0. The van der Waals surface area contributed by atoms with Crippen LogP contribution in [0, 0.1) is 0 Å². The van der Waals surface area contributed by atoms with Gasteiger partial charge in [-0.05, 0) is 38.5 Å². The number of esters is 1. The molecule has 0 amide bonds. The van der Waals surface area contributed by atoms with Crippen LogP contribution < -0.4 is 14.2 Å². The molecule has 0 bridgehead atoms. The highest BCUT2D eigenvalue weighted by Gasteiger charge is 2.27. The number of hydrogen-bond donors (Lipinski definition) is 0. The van der Waals surface area contributed by atoms with Crippen LogP contribution in [0.15, 0.2) is 24.3 Å². The van der Waals surface area contributed by atoms with E-state index in [0.717, 1.165) is 55.6 Å². The highest BCUT2D eigenvalue weighted by atomic mass is 32.2. The van der Waals surface area contributed by atoms with Crippen molar-refractivity contribution in [1.82, 2.24) is 0 Å². The SMILES string of the molecule is CCC/C=C/CCCC(CCCCCCCC)OC(=O)CC(C)(C)SCc1c(OC)cc(OC)cc1OC. The zero-order valence-electron chi connectivity index (χ0n) is 25.2. The summed E-state index contributed by atoms with van der Waals surface area (Å²) in [4.78, 5) is 13.0. The van der Waals surface area contributed by atoms with Crippen LogP contribution in [-0.2, 0) is 15.3 Å². The van der Waals surface area contributed by atoms with E-state index in [0.29, 0.717) is 17.9 Å². The number of methoxy groups -OCH3 is 3. The van der Waals surface area contributed by atoms with Gasteiger partial charge < -0.3 is 18.9 Å². The zero-order chi connectivity index (χ0) is 28.2. The molecule has 0 saturated heterocycles. The van der Waals surface area contributed by atoms with E-state index >= 15 is 0 Å². The van der Waals surface area contributed by atoms with Crippen LogP contribution in [0.25, 0.3) is 0 Å². The van der Waals surface area contributed by atoms with Crippen LogP contribution in [0.5, 0.6) is 17.2 Å². The maximum absolute atomic E-state index is 13.0. The summed E-state index contributed by atoms with van der Waals surface area (Å²) in [7, 11) is 4.92. The lowest BCUT2D eigenvalue weighted by molar-refractivity contribution is -0.150. The summed E-state index contributed by atoms with van der Waals surface area (Å²) in [6.07, 6.45) is 18.7. The van der Waals surface area contributed by atoms with E-state index in [1.807, 2.05) is 12.1 Å². The molecule has 0 aliphatic rings. The van der Waals surface area contributed by atoms with Crippen molar-refractivity contribution in [2.45, 2.75) is 128 Å². The van der Waals surface area contributed by atoms with Crippen molar-refractivity contribution in [2.24, 2.45) is 0 Å². The number of carbonyl (C=O) groups excluding carboxylic acids is 1. The molecule has 0 aliphatic heterocycles. The van der Waals surface area contributed by atoms with E-state index < -0.39 is 0 Å². The Balaban J connectivity index is 2.70. The second-order valence-corrected chi connectivity index (χ2v) is 12.3. The Morgan fingerprint density at radius 2 is 1.45 bits per heavy atom. The minimum absolute atomic E-state index is 0.0100. The number of benzene rings is 1. The number of ether oxygens (including phenoxy) is 4. The zero-order valence-corrected chi connectivity index (χ0v) is 26.1. The molecule has 0 fully saturated rings. The molecule has 1 unspecified atom stereocenters. The second kappa shape index (κ2) is 20.1. The number of rotatable bonds is 22. The average Bonchev–Trinajstić information content (AvgIpc) is 2.90. The maximum Gasteiger partial charge on any atom is 0.307 e. The highest BCUT2D eigenvalue weighted by molar-refractivity contribution is 7.99. The molecule has 0 radical (unpaired) electrons. The normalized spacial score (nSPS) is 12.5. The number of thioether (sulfide) groups is 1. The van der Waals surface area contributed by atoms with Gasteiger partial charge in [-0.15, -0.1) is 0 Å². The maximum atomic E-state index is 13.0. The van der Waals surface area contributed by atoms with E-state index in [9.17, 15) is 4.79 Å². The van der Waals surface area contributed by atoms with Crippen molar-refractivity contribution < 1.29 is 23.7 Å². The van der Waals surface area contributed by atoms with E-state index in [-0.39, 0.29) is 16.8 Å². The second-order valence-electron chi connectivity index (χ2n) is 10.6. The van der Waals surface area contributed by atoms with Gasteiger partial charge in [0.2, 0.25) is 0 Å². The molecule has 0 spiro atoms. The Kier molecular flexibility index (Phi) is 18.1. The summed E-state index contributed by atoms with van der Waals surface area (Å²) in [6, 6.07) is 3.73. The fourth-order valence-electron chi connectivity index (χ4n) is 4.39. The smallest absolute Gasteiger partial charge is 0.307 e. The molecule has 0 aromatic heterocycles. The molecule has 0 heterocycles. The molecule has 5 nitrogen and oxygen atoms in total. The van der Waals surface area contributed by atoms with Crippen LogP contribution in [0.4, 0.5) is 0 Å². The van der Waals surface area contributed by atoms with Gasteiger partial charge in [-0.1, -0.05) is 78.4 Å². The molecule has 38 heavy (non-hydrogen) atoms. The lowest BCUT2D eigenvalue weighted by Gasteiger charge is -2.26. The Morgan fingerprint density at radius 3 is 2.05 bits per heavy atom. The number of carbonyl (C=O) groups is 1. The van der Waals surface area contributed by atoms with Crippen LogP contribution in [-0.4, -0.2) is 38.1 Å². The van der Waals surface area contributed by atoms with E-state index in [2.05, 4.69) is 39.8 Å². The minimum Gasteiger partial charge on any atom is -0.496 e. The van der Waals surface area contributed by atoms with Crippen LogP contribution >= 0.6 is 11.8 Å². The lowest BCUT2D eigenvalue weighted by Crippen LogP contribution is -2.26. The Labute approximate surface area is 237 Å². The molecule has 6 heteroatoms. The standard InChI is InChI=1S/C32H54O5S/c1-8-10-12-14-16-18-20-26(21-19-17-15-13-11-9-2)37-31(33)24-32(3,4)38-25-28-29(35-6)22-27(34-5)23-30(28)36-7/h12,14,22-23,26H,8-11,13,15-21,24-25H2,1-7H3/b14-12+. The molecule has 1 rings (SSSR count). The summed E-state index contributed by atoms with van der Waals surface area (Å²) in [6.45, 7) is 8.64. The Bertz CT molecular complexity index is 780. The minimum atomic E-state index is -0.291. The first-order valence-electron chi connectivity index (χ1n) is 14.6. The third kappa shape index (κ3) is 14.4. The van der Waals surface area contributed by atoms with Crippen molar-refractivity contribution >= 4 is 17.7 Å². The fraction of sp³-hybridized carbons (Fsp3) is 0.719. The van der Waals surface area contributed by atoms with E-state index in [1.165, 1.54) is 38.5 Å². The molecular weight excluding hydrogens is 496 g/mol. The molecule has 0 saturated carbocycles. The van der Waals surface area contributed by atoms with Crippen molar-refractivity contribution in [3.63, 3.8) is 0 Å². The van der Waals surface area contributed by atoms with Gasteiger partial charge in [-0.3, -0.25) is 4.79 Å². The van der Waals surface area contributed by atoms with Gasteiger partial charge in [-0.25, -0.2) is 0 Å². The molecule has 218 valence electrons. The van der Waals surface area contributed by atoms with Crippen molar-refractivity contribution in [3.05, 3.63) is 29.8 Å². The molecule has 1 aromatic carbocycles. The van der Waals surface area contributed by atoms with Gasteiger partial charge in [0, 0.05) is 28.2 Å². The van der Waals surface area contributed by atoms with Gasteiger partial charge in [0.05, 0.1) is 27.8 Å². The summed E-state index contributed by atoms with van der Waals surface area (Å²) in [5.74, 6) is 2.68. The first-order valence-corrected chi connectivity index (χ1v) is 15.6. The first-order chi connectivity index (χ1) is 18.3. The predicted octanol–water partition coefficient (Wildman–Crippen LogP) is 9.30. The van der Waals surface area contributed by atoms with Crippen LogP contribution in [0.2, 0.25) is 0 Å². The van der Waals surface area contributed by atoms with Gasteiger partial charge in [0.25, 0.3) is 0 Å². The summed E-state index contributed by atoms with van der Waals surface area (Å²) >= 11 is 1.71. The van der Waals surface area contributed by atoms with Crippen LogP contribution in [0.1, 0.15) is 117 Å². The van der Waals surface area contributed by atoms with Crippen molar-refractivity contribution in [3.8, 4) is 17.2 Å². The topological polar surface area (TPSA) is 54.0 Å². The third-order valence-electron chi connectivity index (χ3n) is 6.69. The van der Waals surface area contributed by atoms with Gasteiger partial charge in [-0.2, -0.15) is 11.8 Å². The van der Waals surface area contributed by atoms with Gasteiger partial charge in [0.15, 0.2) is 0 Å². The van der Waals surface area contributed by atoms with Gasteiger partial charge in [0.1, 0.15) is 23.4 Å². The summed E-state index contributed by atoms with van der Waals surface area (Å²) < 4.78 is 22.3. The molecule has 0 aliphatic carbocycles. The first kappa shape index (κ1) is 34.2. The molecule has 1 atom stereocenters. The highest BCUT2D eigenvalue weighted by Crippen LogP contribution is 2.40. The fourth-order valence-corrected chi connectivity index (χ4v) is 5.43. The van der Waals surface area contributed by atoms with E-state index in [1.54, 1.807) is 33.1 Å². The Morgan fingerprint density at radius 1 is 0.842 bits per heavy atom. The van der Waals surface area contributed by atoms with E-state index in [4.69, 9.17) is 18.9 Å². The quantitative estimate of drug-likeness (QED) is 0.0814. The van der Waals surface area contributed by atoms with Crippen molar-refractivity contribution in [2.75, 3.05) is 21.3 Å². The number of allylic oxidation sites excluding steroid dienone is 2. The largest absolute Gasteiger partial charge is 0.496 e. The van der Waals surface area contributed by atoms with Gasteiger partial charge >= 0.3 is 5.97 Å². The van der Waals surface area contributed by atoms with Crippen LogP contribution in [0.3, 0.4) is 0 Å². The number of hydrogen-bond acceptors (Lipinski definition) is 6. The summed E-state index contributed by atoms with van der Waals surface area (Å²) in [5.41, 5.74) is 0.958. The predicted molar refractivity (Wildman–Crippen MR) is 162 cm³/mol.